The third kappa shape index (κ3) is 4.72. The van der Waals surface area contributed by atoms with Crippen molar-refractivity contribution in [2.75, 3.05) is 0 Å². The summed E-state index contributed by atoms with van der Waals surface area (Å²) < 4.78 is 27.5. The van der Waals surface area contributed by atoms with Crippen LogP contribution in [0.5, 0.6) is 0 Å². The minimum atomic E-state index is -3.53. The van der Waals surface area contributed by atoms with Gasteiger partial charge in [-0.1, -0.05) is 44.3 Å². The summed E-state index contributed by atoms with van der Waals surface area (Å²) in [5.41, 5.74) is 5.88. The molecule has 1 saturated carbocycles. The first-order chi connectivity index (χ1) is 9.99. The van der Waals surface area contributed by atoms with Crippen molar-refractivity contribution in [3.8, 4) is 0 Å². The highest BCUT2D eigenvalue weighted by Crippen LogP contribution is 2.19. The average molecular weight is 327 g/mol. The fourth-order valence-electron chi connectivity index (χ4n) is 2.55. The van der Waals surface area contributed by atoms with Gasteiger partial charge >= 0.3 is 0 Å². The van der Waals surface area contributed by atoms with E-state index in [2.05, 4.69) is 9.71 Å². The van der Waals surface area contributed by atoms with E-state index in [0.717, 1.165) is 25.7 Å². The van der Waals surface area contributed by atoms with E-state index in [9.17, 15) is 8.42 Å². The Bertz CT molecular complexity index is 577. The number of rotatable bonds is 4. The molecule has 0 atom stereocenters. The molecule has 0 bridgehead atoms. The lowest BCUT2D eigenvalue weighted by Gasteiger charge is -2.20. The molecule has 116 valence electrons. The second-order valence-electron chi connectivity index (χ2n) is 5.41. The third-order valence-electron chi connectivity index (χ3n) is 3.73. The quantitative estimate of drug-likeness (QED) is 0.827. The number of pyridine rings is 1. The monoisotopic (exact) mass is 327 g/mol. The summed E-state index contributed by atoms with van der Waals surface area (Å²) in [5, 5.41) is 0. The Morgan fingerprint density at radius 3 is 2.33 bits per heavy atom. The SMILES string of the molecule is NC(=S)c1ccc(S(=O)(=O)NC2CCCCCCC2)cn1. The molecule has 1 aliphatic rings. The standard InChI is InChI=1S/C14H21N3O2S2/c15-14(20)13-9-8-12(10-16-13)21(18,19)17-11-6-4-2-1-3-5-7-11/h8-11,17H,1-7H2,(H2,15,20). The molecule has 21 heavy (non-hydrogen) atoms. The van der Waals surface area contributed by atoms with Gasteiger partial charge in [-0.3, -0.25) is 4.98 Å². The molecule has 0 amide bonds. The highest BCUT2D eigenvalue weighted by atomic mass is 32.2. The van der Waals surface area contributed by atoms with E-state index >= 15 is 0 Å². The van der Waals surface area contributed by atoms with Crippen LogP contribution in [0.25, 0.3) is 0 Å². The number of sulfonamides is 1. The van der Waals surface area contributed by atoms with E-state index in [1.165, 1.54) is 37.6 Å². The zero-order chi connectivity index (χ0) is 15.3. The number of nitrogens with two attached hydrogens (primary N) is 1. The molecule has 1 fully saturated rings. The molecule has 1 aliphatic carbocycles. The van der Waals surface area contributed by atoms with Crippen LogP contribution < -0.4 is 10.5 Å². The van der Waals surface area contributed by atoms with Gasteiger partial charge in [-0.25, -0.2) is 13.1 Å². The first-order valence-corrected chi connectivity index (χ1v) is 9.16. The molecule has 0 spiro atoms. The van der Waals surface area contributed by atoms with Gasteiger partial charge < -0.3 is 5.73 Å². The second kappa shape index (κ2) is 7.29. The summed E-state index contributed by atoms with van der Waals surface area (Å²) >= 11 is 4.81. The molecule has 0 radical (unpaired) electrons. The summed E-state index contributed by atoms with van der Waals surface area (Å²) in [4.78, 5) is 4.30. The van der Waals surface area contributed by atoms with Crippen molar-refractivity contribution in [3.63, 3.8) is 0 Å². The van der Waals surface area contributed by atoms with Gasteiger partial charge in [0.25, 0.3) is 0 Å². The van der Waals surface area contributed by atoms with E-state index in [0.29, 0.717) is 5.69 Å². The Balaban J connectivity index is 2.07. The van der Waals surface area contributed by atoms with E-state index in [1.54, 1.807) is 0 Å². The highest BCUT2D eigenvalue weighted by Gasteiger charge is 2.21. The van der Waals surface area contributed by atoms with Gasteiger partial charge in [-0.2, -0.15) is 0 Å². The molecule has 1 heterocycles. The second-order valence-corrected chi connectivity index (χ2v) is 7.56. The van der Waals surface area contributed by atoms with Crippen LogP contribution >= 0.6 is 12.2 Å². The lowest BCUT2D eigenvalue weighted by atomic mass is 9.97. The smallest absolute Gasteiger partial charge is 0.242 e. The van der Waals surface area contributed by atoms with Crippen molar-refractivity contribution in [3.05, 3.63) is 24.0 Å². The first kappa shape index (κ1) is 16.3. The molecule has 0 aromatic carbocycles. The van der Waals surface area contributed by atoms with Crippen molar-refractivity contribution < 1.29 is 8.42 Å². The minimum Gasteiger partial charge on any atom is -0.388 e. The Hall–Kier alpha value is -1.05. The topological polar surface area (TPSA) is 85.1 Å². The van der Waals surface area contributed by atoms with Gasteiger partial charge in [-0.15, -0.1) is 0 Å². The number of nitrogens with zero attached hydrogens (tertiary/aromatic N) is 1. The highest BCUT2D eigenvalue weighted by molar-refractivity contribution is 7.89. The first-order valence-electron chi connectivity index (χ1n) is 7.27. The van der Waals surface area contributed by atoms with Crippen molar-refractivity contribution in [2.24, 2.45) is 5.73 Å². The van der Waals surface area contributed by atoms with E-state index in [-0.39, 0.29) is 15.9 Å². The largest absolute Gasteiger partial charge is 0.388 e. The number of nitrogens with one attached hydrogen (secondary N) is 1. The molecular formula is C14H21N3O2S2. The number of hydrogen-bond donors (Lipinski definition) is 2. The van der Waals surface area contributed by atoms with Crippen LogP contribution in [-0.2, 0) is 10.0 Å². The fourth-order valence-corrected chi connectivity index (χ4v) is 3.92. The van der Waals surface area contributed by atoms with Crippen LogP contribution in [0.3, 0.4) is 0 Å². The van der Waals surface area contributed by atoms with Crippen molar-refractivity contribution in [1.82, 2.24) is 9.71 Å². The molecule has 2 rings (SSSR count). The zero-order valence-electron chi connectivity index (χ0n) is 11.9. The number of hydrogen-bond acceptors (Lipinski definition) is 4. The predicted molar refractivity (Wildman–Crippen MR) is 86.6 cm³/mol. The summed E-state index contributed by atoms with van der Waals surface area (Å²) in [5.74, 6) is 0. The third-order valence-corrected chi connectivity index (χ3v) is 5.44. The van der Waals surface area contributed by atoms with E-state index < -0.39 is 10.0 Å². The predicted octanol–water partition coefficient (Wildman–Crippen LogP) is 2.11. The summed E-state index contributed by atoms with van der Waals surface area (Å²) in [7, 11) is -3.53. The molecule has 1 aromatic heterocycles. The van der Waals surface area contributed by atoms with Crippen molar-refractivity contribution in [2.45, 2.75) is 55.9 Å². The molecule has 5 nitrogen and oxygen atoms in total. The Morgan fingerprint density at radius 1 is 1.19 bits per heavy atom. The van der Waals surface area contributed by atoms with Gasteiger partial charge in [0.15, 0.2) is 0 Å². The molecule has 0 aliphatic heterocycles. The number of thiocarbonyl (C=S) groups is 1. The van der Waals surface area contributed by atoms with Crippen LogP contribution in [0.15, 0.2) is 23.2 Å². The van der Waals surface area contributed by atoms with Gasteiger partial charge in [0.1, 0.15) is 9.88 Å². The summed E-state index contributed by atoms with van der Waals surface area (Å²) in [6.07, 6.45) is 8.88. The number of aromatic nitrogens is 1. The molecule has 0 saturated heterocycles. The maximum atomic E-state index is 12.4. The molecular weight excluding hydrogens is 306 g/mol. The van der Waals surface area contributed by atoms with Gasteiger partial charge in [0, 0.05) is 12.2 Å². The van der Waals surface area contributed by atoms with Crippen LogP contribution in [0.1, 0.15) is 50.6 Å². The molecule has 0 unspecified atom stereocenters. The van der Waals surface area contributed by atoms with Crippen molar-refractivity contribution in [1.29, 1.82) is 0 Å². The van der Waals surface area contributed by atoms with E-state index in [4.69, 9.17) is 18.0 Å². The lowest BCUT2D eigenvalue weighted by Crippen LogP contribution is -2.35. The molecule has 7 heteroatoms. The molecule has 1 aromatic rings. The Labute approximate surface area is 131 Å². The van der Waals surface area contributed by atoms with Crippen LogP contribution in [0.4, 0.5) is 0 Å². The van der Waals surface area contributed by atoms with Crippen LogP contribution in [0, 0.1) is 0 Å². The van der Waals surface area contributed by atoms with E-state index in [1.807, 2.05) is 0 Å². The average Bonchev–Trinajstić information content (AvgIpc) is 2.42. The summed E-state index contributed by atoms with van der Waals surface area (Å²) in [6, 6.07) is 3.05. The molecule has 3 N–H and O–H groups in total. The van der Waals surface area contributed by atoms with Crippen LogP contribution in [0.2, 0.25) is 0 Å². The van der Waals surface area contributed by atoms with Crippen LogP contribution in [-0.4, -0.2) is 24.4 Å². The van der Waals surface area contributed by atoms with Crippen molar-refractivity contribution >= 4 is 27.2 Å². The van der Waals surface area contributed by atoms with Gasteiger partial charge in [0.05, 0.1) is 5.69 Å². The van der Waals surface area contributed by atoms with Gasteiger partial charge in [0.2, 0.25) is 10.0 Å². The van der Waals surface area contributed by atoms with Gasteiger partial charge in [-0.05, 0) is 25.0 Å². The maximum Gasteiger partial charge on any atom is 0.242 e. The normalized spacial score (nSPS) is 17.9. The lowest BCUT2D eigenvalue weighted by molar-refractivity contribution is 0.426. The maximum absolute atomic E-state index is 12.4. The fraction of sp³-hybridized carbons (Fsp3) is 0.571. The Kier molecular flexibility index (Phi) is 5.66. The zero-order valence-corrected chi connectivity index (χ0v) is 13.5. The minimum absolute atomic E-state index is 0.0190. The Morgan fingerprint density at radius 2 is 1.81 bits per heavy atom. The summed E-state index contributed by atoms with van der Waals surface area (Å²) in [6.45, 7) is 0.